The van der Waals surface area contributed by atoms with Crippen LogP contribution >= 0.6 is 23.1 Å². The molecule has 0 aliphatic heterocycles. The van der Waals surface area contributed by atoms with Crippen LogP contribution in [0.25, 0.3) is 0 Å². The molecule has 88 valence electrons. The standard InChI is InChI=1S/C12H16O2S2/c1-14-8-3-9-15-10-12-6-5-11(16-12)4-2-7-13/h5-6,13H,3,7-10H2,1H3. The number of methoxy groups -OCH3 is 1. The van der Waals surface area contributed by atoms with Crippen molar-refractivity contribution in [2.24, 2.45) is 0 Å². The average Bonchev–Trinajstić information content (AvgIpc) is 2.74. The molecule has 0 unspecified atom stereocenters. The fraction of sp³-hybridized carbons (Fsp3) is 0.500. The summed E-state index contributed by atoms with van der Waals surface area (Å²) in [4.78, 5) is 2.37. The summed E-state index contributed by atoms with van der Waals surface area (Å²) in [6.07, 6.45) is 1.10. The molecule has 0 fully saturated rings. The summed E-state index contributed by atoms with van der Waals surface area (Å²) >= 11 is 3.62. The van der Waals surface area contributed by atoms with Crippen molar-refractivity contribution in [1.82, 2.24) is 0 Å². The SMILES string of the molecule is COCCCSCc1ccc(C#CCO)s1. The van der Waals surface area contributed by atoms with Crippen LogP contribution in [0.3, 0.4) is 0 Å². The molecule has 1 N–H and O–H groups in total. The van der Waals surface area contributed by atoms with Gasteiger partial charge in [-0.2, -0.15) is 11.8 Å². The molecule has 1 heterocycles. The van der Waals surface area contributed by atoms with Crippen LogP contribution in [0.5, 0.6) is 0 Å². The topological polar surface area (TPSA) is 29.5 Å². The fourth-order valence-electron chi connectivity index (χ4n) is 1.13. The molecule has 0 aromatic carbocycles. The fourth-order valence-corrected chi connectivity index (χ4v) is 3.05. The summed E-state index contributed by atoms with van der Waals surface area (Å²) < 4.78 is 4.99. The molecule has 0 spiro atoms. The average molecular weight is 256 g/mol. The lowest BCUT2D eigenvalue weighted by Crippen LogP contribution is -1.90. The maximum absolute atomic E-state index is 8.57. The molecule has 16 heavy (non-hydrogen) atoms. The summed E-state index contributed by atoms with van der Waals surface area (Å²) in [5.41, 5.74) is 0. The molecular weight excluding hydrogens is 240 g/mol. The predicted octanol–water partition coefficient (Wildman–Crippen LogP) is 2.36. The highest BCUT2D eigenvalue weighted by molar-refractivity contribution is 7.98. The maximum Gasteiger partial charge on any atom is 0.104 e. The van der Waals surface area contributed by atoms with Crippen molar-refractivity contribution >= 4 is 23.1 Å². The Bertz CT molecular complexity index is 349. The third kappa shape index (κ3) is 5.57. The van der Waals surface area contributed by atoms with Crippen molar-refractivity contribution < 1.29 is 9.84 Å². The Balaban J connectivity index is 2.24. The second-order valence-corrected chi connectivity index (χ2v) is 5.40. The minimum Gasteiger partial charge on any atom is -0.385 e. The Kier molecular flexibility index (Phi) is 7.35. The molecule has 1 aromatic rings. The van der Waals surface area contributed by atoms with E-state index < -0.39 is 0 Å². The van der Waals surface area contributed by atoms with Gasteiger partial charge in [0.1, 0.15) is 6.61 Å². The number of hydrogen-bond acceptors (Lipinski definition) is 4. The lowest BCUT2D eigenvalue weighted by Gasteiger charge is -1.98. The predicted molar refractivity (Wildman–Crippen MR) is 70.9 cm³/mol. The third-order valence-corrected chi connectivity index (χ3v) is 4.11. The molecule has 4 heteroatoms. The van der Waals surface area contributed by atoms with E-state index in [0.29, 0.717) is 0 Å². The van der Waals surface area contributed by atoms with E-state index in [-0.39, 0.29) is 6.61 Å². The Morgan fingerprint density at radius 2 is 2.38 bits per heavy atom. The minimum absolute atomic E-state index is 0.0704. The molecule has 0 aliphatic carbocycles. The first-order valence-corrected chi connectivity index (χ1v) is 7.09. The first-order chi connectivity index (χ1) is 7.86. The van der Waals surface area contributed by atoms with Crippen molar-refractivity contribution in [3.05, 3.63) is 21.9 Å². The van der Waals surface area contributed by atoms with Gasteiger partial charge in [0, 0.05) is 24.3 Å². The van der Waals surface area contributed by atoms with Crippen LogP contribution in [-0.2, 0) is 10.5 Å². The van der Waals surface area contributed by atoms with E-state index in [9.17, 15) is 0 Å². The Hall–Kier alpha value is -0.470. The molecule has 0 aliphatic rings. The van der Waals surface area contributed by atoms with Crippen LogP contribution in [-0.4, -0.2) is 31.2 Å². The van der Waals surface area contributed by atoms with E-state index in [1.165, 1.54) is 4.88 Å². The van der Waals surface area contributed by atoms with Gasteiger partial charge in [-0.3, -0.25) is 0 Å². The quantitative estimate of drug-likeness (QED) is 0.626. The molecule has 0 saturated carbocycles. The van der Waals surface area contributed by atoms with E-state index in [4.69, 9.17) is 9.84 Å². The zero-order chi connectivity index (χ0) is 11.6. The van der Waals surface area contributed by atoms with Crippen molar-refractivity contribution in [2.75, 3.05) is 26.1 Å². The molecule has 0 saturated heterocycles. The number of ether oxygens (including phenoxy) is 1. The Labute approximate surface area is 105 Å². The van der Waals surface area contributed by atoms with Gasteiger partial charge in [-0.05, 0) is 24.3 Å². The minimum atomic E-state index is -0.0704. The smallest absolute Gasteiger partial charge is 0.104 e. The van der Waals surface area contributed by atoms with E-state index in [0.717, 1.165) is 29.4 Å². The first kappa shape index (κ1) is 13.6. The van der Waals surface area contributed by atoms with Gasteiger partial charge in [0.25, 0.3) is 0 Å². The Morgan fingerprint density at radius 3 is 3.12 bits per heavy atom. The summed E-state index contributed by atoms with van der Waals surface area (Å²) in [6, 6.07) is 4.12. The van der Waals surface area contributed by atoms with Crippen LogP contribution < -0.4 is 0 Å². The highest BCUT2D eigenvalue weighted by Crippen LogP contribution is 2.21. The van der Waals surface area contributed by atoms with E-state index in [1.807, 2.05) is 17.8 Å². The molecule has 1 rings (SSSR count). The van der Waals surface area contributed by atoms with Gasteiger partial charge in [-0.25, -0.2) is 0 Å². The number of thiophene rings is 1. The van der Waals surface area contributed by atoms with Gasteiger partial charge in [0.15, 0.2) is 0 Å². The normalized spacial score (nSPS) is 9.88. The van der Waals surface area contributed by atoms with Crippen LogP contribution in [0.2, 0.25) is 0 Å². The van der Waals surface area contributed by atoms with Crippen LogP contribution in [0, 0.1) is 11.8 Å². The summed E-state index contributed by atoms with van der Waals surface area (Å²) in [5, 5.41) is 8.57. The number of hydrogen-bond donors (Lipinski definition) is 1. The summed E-state index contributed by atoms with van der Waals surface area (Å²) in [7, 11) is 1.73. The van der Waals surface area contributed by atoms with Gasteiger partial charge in [-0.15, -0.1) is 11.3 Å². The largest absolute Gasteiger partial charge is 0.385 e. The number of aliphatic hydroxyl groups is 1. The summed E-state index contributed by atoms with van der Waals surface area (Å²) in [6.45, 7) is 0.768. The van der Waals surface area contributed by atoms with E-state index in [2.05, 4.69) is 17.9 Å². The number of aliphatic hydroxyl groups excluding tert-OH is 1. The molecule has 0 radical (unpaired) electrons. The van der Waals surface area contributed by atoms with Gasteiger partial charge < -0.3 is 9.84 Å². The maximum atomic E-state index is 8.57. The zero-order valence-electron chi connectivity index (χ0n) is 9.36. The van der Waals surface area contributed by atoms with Crippen LogP contribution in [0.4, 0.5) is 0 Å². The van der Waals surface area contributed by atoms with Crippen molar-refractivity contribution in [3.63, 3.8) is 0 Å². The van der Waals surface area contributed by atoms with Crippen molar-refractivity contribution in [3.8, 4) is 11.8 Å². The highest BCUT2D eigenvalue weighted by atomic mass is 32.2. The molecule has 0 amide bonds. The monoisotopic (exact) mass is 256 g/mol. The van der Waals surface area contributed by atoms with E-state index >= 15 is 0 Å². The summed E-state index contributed by atoms with van der Waals surface area (Å²) in [5.74, 6) is 7.73. The number of rotatable bonds is 6. The van der Waals surface area contributed by atoms with Crippen LogP contribution in [0.15, 0.2) is 12.1 Å². The van der Waals surface area contributed by atoms with Crippen LogP contribution in [0.1, 0.15) is 16.2 Å². The molecule has 2 nitrogen and oxygen atoms in total. The molecular formula is C12H16O2S2. The Morgan fingerprint density at radius 1 is 1.50 bits per heavy atom. The second kappa shape index (κ2) is 8.66. The van der Waals surface area contributed by atoms with Crippen molar-refractivity contribution in [2.45, 2.75) is 12.2 Å². The molecule has 0 atom stereocenters. The van der Waals surface area contributed by atoms with Gasteiger partial charge in [0.05, 0.1) is 4.88 Å². The first-order valence-electron chi connectivity index (χ1n) is 5.12. The highest BCUT2D eigenvalue weighted by Gasteiger charge is 1.98. The second-order valence-electron chi connectivity index (χ2n) is 3.12. The lowest BCUT2D eigenvalue weighted by molar-refractivity contribution is 0.200. The zero-order valence-corrected chi connectivity index (χ0v) is 11.0. The molecule has 1 aromatic heterocycles. The molecule has 0 bridgehead atoms. The van der Waals surface area contributed by atoms with Gasteiger partial charge in [0.2, 0.25) is 0 Å². The van der Waals surface area contributed by atoms with Gasteiger partial charge in [-0.1, -0.05) is 11.8 Å². The van der Waals surface area contributed by atoms with E-state index in [1.54, 1.807) is 18.4 Å². The van der Waals surface area contributed by atoms with Crippen molar-refractivity contribution in [1.29, 1.82) is 0 Å². The lowest BCUT2D eigenvalue weighted by atomic mass is 10.4. The third-order valence-electron chi connectivity index (χ3n) is 1.83. The van der Waals surface area contributed by atoms with Gasteiger partial charge >= 0.3 is 0 Å². The number of thioether (sulfide) groups is 1.